The van der Waals surface area contributed by atoms with E-state index in [1.165, 1.54) is 70.6 Å². The van der Waals surface area contributed by atoms with Crippen molar-refractivity contribution in [2.24, 2.45) is 0 Å². The number of phenolic OH excluding ortho intramolecular Hbond substituents is 1. The third-order valence-corrected chi connectivity index (χ3v) is 5.06. The van der Waals surface area contributed by atoms with Gasteiger partial charge in [0.25, 0.3) is 11.4 Å². The molecule has 0 radical (unpaired) electrons. The maximum atomic E-state index is 10.4. The first-order valence-electron chi connectivity index (χ1n) is 11.8. The van der Waals surface area contributed by atoms with Crippen LogP contribution in [0.4, 0.5) is 17.1 Å². The predicted octanol–water partition coefficient (Wildman–Crippen LogP) is 5.38. The molecule has 0 aliphatic rings. The summed E-state index contributed by atoms with van der Waals surface area (Å²) in [6.45, 7) is 5.89. The van der Waals surface area contributed by atoms with E-state index in [1.54, 1.807) is 0 Å². The SMILES string of the molecule is CCCCCCCCCCCCCNCC(C)O.O=[N+]([O-])c1cc([N+](=O)[O-])c(O)c([N+](=O)[O-])c1. The Kier molecular flexibility index (Phi) is 17.0. The summed E-state index contributed by atoms with van der Waals surface area (Å²) >= 11 is 0. The number of hydrogen-bond acceptors (Lipinski definition) is 9. The van der Waals surface area contributed by atoms with E-state index < -0.39 is 37.6 Å². The lowest BCUT2D eigenvalue weighted by molar-refractivity contribution is -0.404. The zero-order chi connectivity index (χ0) is 25.9. The summed E-state index contributed by atoms with van der Waals surface area (Å²) in [4.78, 5) is 27.8. The zero-order valence-electron chi connectivity index (χ0n) is 20.1. The predicted molar refractivity (Wildman–Crippen MR) is 129 cm³/mol. The summed E-state index contributed by atoms with van der Waals surface area (Å²) in [6.07, 6.45) is 15.1. The Bertz CT molecular complexity index is 723. The van der Waals surface area contributed by atoms with Gasteiger partial charge in [0.2, 0.25) is 0 Å². The summed E-state index contributed by atoms with van der Waals surface area (Å²) in [5, 5.41) is 52.5. The second-order valence-electron chi connectivity index (χ2n) is 8.19. The van der Waals surface area contributed by atoms with Crippen molar-refractivity contribution in [2.45, 2.75) is 90.6 Å². The maximum Gasteiger partial charge on any atom is 0.324 e. The van der Waals surface area contributed by atoms with Crippen LogP contribution in [-0.2, 0) is 0 Å². The van der Waals surface area contributed by atoms with Crippen LogP contribution in [-0.4, -0.2) is 44.2 Å². The number of rotatable bonds is 17. The van der Waals surface area contributed by atoms with Gasteiger partial charge in [-0.15, -0.1) is 0 Å². The highest BCUT2D eigenvalue weighted by Gasteiger charge is 2.30. The third kappa shape index (κ3) is 14.3. The van der Waals surface area contributed by atoms with Gasteiger partial charge in [0.05, 0.1) is 33.0 Å². The molecule has 0 spiro atoms. The Morgan fingerprint density at radius 3 is 1.56 bits per heavy atom. The molecule has 1 unspecified atom stereocenters. The number of nitro benzene ring substituents is 3. The molecule has 0 heterocycles. The van der Waals surface area contributed by atoms with Crippen molar-refractivity contribution < 1.29 is 25.0 Å². The average Bonchev–Trinajstić information content (AvgIpc) is 2.76. The molecule has 1 atom stereocenters. The largest absolute Gasteiger partial charge is 0.497 e. The van der Waals surface area contributed by atoms with Crippen molar-refractivity contribution in [3.8, 4) is 5.75 Å². The van der Waals surface area contributed by atoms with Crippen molar-refractivity contribution in [3.05, 3.63) is 42.5 Å². The highest BCUT2D eigenvalue weighted by Crippen LogP contribution is 2.38. The van der Waals surface area contributed by atoms with Gasteiger partial charge in [-0.05, 0) is 19.9 Å². The van der Waals surface area contributed by atoms with Crippen molar-refractivity contribution in [2.75, 3.05) is 13.1 Å². The summed E-state index contributed by atoms with van der Waals surface area (Å²) < 4.78 is 0. The normalized spacial score (nSPS) is 11.4. The van der Waals surface area contributed by atoms with Crippen LogP contribution in [0.5, 0.6) is 5.75 Å². The molecule has 3 N–H and O–H groups in total. The molecular formula is C22H38N4O8. The van der Waals surface area contributed by atoms with Crippen LogP contribution >= 0.6 is 0 Å². The summed E-state index contributed by atoms with van der Waals surface area (Å²) in [6, 6.07) is 0.894. The molecule has 1 aromatic rings. The second kappa shape index (κ2) is 18.6. The number of nitro groups is 3. The molecule has 1 aromatic carbocycles. The summed E-state index contributed by atoms with van der Waals surface area (Å²) in [5.41, 5.74) is -3.00. The lowest BCUT2D eigenvalue weighted by Crippen LogP contribution is -2.25. The van der Waals surface area contributed by atoms with Gasteiger partial charge >= 0.3 is 11.4 Å². The molecule has 12 heteroatoms. The number of nitrogens with one attached hydrogen (secondary N) is 1. The van der Waals surface area contributed by atoms with Crippen LogP contribution < -0.4 is 5.32 Å². The molecule has 0 saturated heterocycles. The number of aromatic hydroxyl groups is 1. The molecule has 0 bridgehead atoms. The second-order valence-corrected chi connectivity index (χ2v) is 8.19. The van der Waals surface area contributed by atoms with Crippen molar-refractivity contribution in [1.82, 2.24) is 5.32 Å². The van der Waals surface area contributed by atoms with E-state index in [4.69, 9.17) is 10.2 Å². The Hall–Kier alpha value is -2.86. The van der Waals surface area contributed by atoms with Crippen molar-refractivity contribution in [3.63, 3.8) is 0 Å². The first-order valence-corrected chi connectivity index (χ1v) is 11.8. The molecule has 0 amide bonds. The topological polar surface area (TPSA) is 182 Å². The minimum atomic E-state index is -1.21. The Balaban J connectivity index is 0.000000644. The van der Waals surface area contributed by atoms with E-state index in [2.05, 4.69) is 12.2 Å². The van der Waals surface area contributed by atoms with E-state index in [-0.39, 0.29) is 6.10 Å². The molecule has 1 rings (SSSR count). The van der Waals surface area contributed by atoms with Crippen molar-refractivity contribution in [1.29, 1.82) is 0 Å². The molecule has 194 valence electrons. The van der Waals surface area contributed by atoms with E-state index in [9.17, 15) is 30.3 Å². The number of unbranched alkanes of at least 4 members (excludes halogenated alkanes) is 10. The van der Waals surface area contributed by atoms with Crippen LogP contribution in [0.2, 0.25) is 0 Å². The number of hydrogen-bond donors (Lipinski definition) is 3. The summed E-state index contributed by atoms with van der Waals surface area (Å²) in [5.74, 6) is -1.21. The average molecular weight is 487 g/mol. The number of phenols is 1. The molecule has 0 fully saturated rings. The molecule has 0 aliphatic heterocycles. The first kappa shape index (κ1) is 31.1. The standard InChI is InChI=1S/C16H35NO.C6H3N3O7/c1-3-4-5-6-7-8-9-10-11-12-13-14-17-15-16(2)18;10-6-4(8(13)14)1-3(7(11)12)2-5(6)9(15)16/h16-18H,3-15H2,1-2H3;1-2,10H. The quantitative estimate of drug-likeness (QED) is 0.148. The smallest absolute Gasteiger partial charge is 0.324 e. The number of nitrogens with zero attached hydrogens (tertiary/aromatic N) is 3. The number of benzene rings is 1. The van der Waals surface area contributed by atoms with Gasteiger partial charge in [-0.25, -0.2) is 0 Å². The summed E-state index contributed by atoms with van der Waals surface area (Å²) in [7, 11) is 0. The fourth-order valence-electron chi connectivity index (χ4n) is 3.20. The van der Waals surface area contributed by atoms with Crippen LogP contribution in [0.15, 0.2) is 12.1 Å². The van der Waals surface area contributed by atoms with E-state index >= 15 is 0 Å². The Morgan fingerprint density at radius 1 is 0.794 bits per heavy atom. The fourth-order valence-corrected chi connectivity index (χ4v) is 3.20. The van der Waals surface area contributed by atoms with E-state index in [1.807, 2.05) is 6.92 Å². The number of aliphatic hydroxyl groups is 1. The minimum absolute atomic E-state index is 0.210. The highest BCUT2D eigenvalue weighted by molar-refractivity contribution is 5.64. The van der Waals surface area contributed by atoms with Crippen LogP contribution in [0, 0.1) is 30.3 Å². The lowest BCUT2D eigenvalue weighted by atomic mass is 10.1. The van der Waals surface area contributed by atoms with E-state index in [0.717, 1.165) is 13.1 Å². The Labute approximate surface area is 199 Å². The van der Waals surface area contributed by atoms with Gasteiger partial charge in [-0.3, -0.25) is 30.3 Å². The molecule has 0 saturated carbocycles. The third-order valence-electron chi connectivity index (χ3n) is 5.06. The fraction of sp³-hybridized carbons (Fsp3) is 0.727. The molecular weight excluding hydrogens is 448 g/mol. The molecule has 34 heavy (non-hydrogen) atoms. The first-order chi connectivity index (χ1) is 16.1. The van der Waals surface area contributed by atoms with Gasteiger partial charge in [0.15, 0.2) is 0 Å². The Morgan fingerprint density at radius 2 is 1.21 bits per heavy atom. The maximum absolute atomic E-state index is 10.4. The van der Waals surface area contributed by atoms with Crippen molar-refractivity contribution >= 4 is 17.1 Å². The van der Waals surface area contributed by atoms with Gasteiger partial charge in [0.1, 0.15) is 0 Å². The zero-order valence-corrected chi connectivity index (χ0v) is 20.1. The lowest BCUT2D eigenvalue weighted by Gasteiger charge is -2.06. The van der Waals surface area contributed by atoms with Gasteiger partial charge in [-0.2, -0.15) is 0 Å². The van der Waals surface area contributed by atoms with Crippen LogP contribution in [0.25, 0.3) is 0 Å². The van der Waals surface area contributed by atoms with Crippen LogP contribution in [0.3, 0.4) is 0 Å². The molecule has 12 nitrogen and oxygen atoms in total. The van der Waals surface area contributed by atoms with E-state index in [0.29, 0.717) is 12.1 Å². The van der Waals surface area contributed by atoms with Gasteiger partial charge in [0, 0.05) is 6.54 Å². The molecule has 0 aromatic heterocycles. The van der Waals surface area contributed by atoms with Gasteiger partial charge in [-0.1, -0.05) is 71.1 Å². The molecule has 0 aliphatic carbocycles. The highest BCUT2D eigenvalue weighted by atomic mass is 16.6. The minimum Gasteiger partial charge on any atom is -0.497 e. The van der Waals surface area contributed by atoms with Gasteiger partial charge < -0.3 is 15.5 Å². The van der Waals surface area contributed by atoms with Crippen LogP contribution in [0.1, 0.15) is 84.5 Å². The number of non-ortho nitro benzene ring substituents is 1. The monoisotopic (exact) mass is 486 g/mol. The number of aliphatic hydroxyl groups excluding tert-OH is 1.